The van der Waals surface area contributed by atoms with Gasteiger partial charge in [0.05, 0.1) is 11.4 Å². The summed E-state index contributed by atoms with van der Waals surface area (Å²) in [7, 11) is 1.78. The van der Waals surface area contributed by atoms with Crippen LogP contribution in [0.4, 0.5) is 11.5 Å². The van der Waals surface area contributed by atoms with Gasteiger partial charge >= 0.3 is 0 Å². The zero-order valence-electron chi connectivity index (χ0n) is 21.4. The molecule has 196 valence electrons. The van der Waals surface area contributed by atoms with Crippen LogP contribution in [0.15, 0.2) is 84.9 Å². The van der Waals surface area contributed by atoms with Crippen molar-refractivity contribution in [2.45, 2.75) is 25.2 Å². The summed E-state index contributed by atoms with van der Waals surface area (Å²) in [6, 6.07) is 27.1. The fraction of sp³-hybridized carbons (Fsp3) is 0.194. The minimum Gasteiger partial charge on any atom is -0.341 e. The predicted octanol–water partition coefficient (Wildman–Crippen LogP) is 7.64. The molecular formula is C31H27Cl2N5O. The van der Waals surface area contributed by atoms with Crippen LogP contribution in [-0.4, -0.2) is 39.0 Å². The number of aromatic nitrogens is 3. The molecule has 1 fully saturated rings. The van der Waals surface area contributed by atoms with Crippen molar-refractivity contribution in [2.75, 3.05) is 18.9 Å². The van der Waals surface area contributed by atoms with Crippen LogP contribution < -0.4 is 5.32 Å². The van der Waals surface area contributed by atoms with Crippen molar-refractivity contribution in [3.63, 3.8) is 0 Å². The van der Waals surface area contributed by atoms with E-state index >= 15 is 0 Å². The van der Waals surface area contributed by atoms with Gasteiger partial charge in [-0.1, -0.05) is 59.6 Å². The molecule has 1 N–H and O–H groups in total. The summed E-state index contributed by atoms with van der Waals surface area (Å²) in [5.74, 6) is 1.28. The van der Waals surface area contributed by atoms with Gasteiger partial charge in [-0.25, -0.2) is 4.98 Å². The van der Waals surface area contributed by atoms with Gasteiger partial charge < -0.3 is 10.2 Å². The molecule has 0 atom stereocenters. The molecule has 2 aromatic heterocycles. The van der Waals surface area contributed by atoms with E-state index in [9.17, 15) is 4.79 Å². The number of nitrogens with one attached hydrogen (secondary N) is 1. The monoisotopic (exact) mass is 555 g/mol. The Hall–Kier alpha value is -3.87. The lowest BCUT2D eigenvalue weighted by atomic mass is 10.1. The lowest BCUT2D eigenvalue weighted by Gasteiger charge is -2.18. The Kier molecular flexibility index (Phi) is 6.98. The van der Waals surface area contributed by atoms with E-state index in [-0.39, 0.29) is 5.91 Å². The highest BCUT2D eigenvalue weighted by molar-refractivity contribution is 6.36. The van der Waals surface area contributed by atoms with Crippen LogP contribution in [0.1, 0.15) is 40.4 Å². The van der Waals surface area contributed by atoms with Gasteiger partial charge in [0, 0.05) is 58.5 Å². The van der Waals surface area contributed by atoms with Crippen LogP contribution >= 0.6 is 23.2 Å². The number of halogens is 2. The molecule has 0 radical (unpaired) electrons. The molecule has 5 aromatic rings. The summed E-state index contributed by atoms with van der Waals surface area (Å²) >= 11 is 12.6. The number of hydrogen-bond acceptors (Lipinski definition) is 4. The second-order valence-corrected chi connectivity index (χ2v) is 10.7. The van der Waals surface area contributed by atoms with Gasteiger partial charge in [-0.15, -0.1) is 0 Å². The van der Waals surface area contributed by atoms with Crippen molar-refractivity contribution in [3.05, 3.63) is 112 Å². The van der Waals surface area contributed by atoms with E-state index < -0.39 is 0 Å². The molecule has 0 unspecified atom stereocenters. The summed E-state index contributed by atoms with van der Waals surface area (Å²) in [6.07, 6.45) is 2.93. The first kappa shape index (κ1) is 25.4. The van der Waals surface area contributed by atoms with Crippen LogP contribution in [0.3, 0.4) is 0 Å². The maximum atomic E-state index is 13.1. The summed E-state index contributed by atoms with van der Waals surface area (Å²) in [6.45, 7) is 0.502. The van der Waals surface area contributed by atoms with E-state index in [0.29, 0.717) is 34.5 Å². The summed E-state index contributed by atoms with van der Waals surface area (Å²) in [5.41, 5.74) is 6.12. The predicted molar refractivity (Wildman–Crippen MR) is 157 cm³/mol. The molecule has 6 rings (SSSR count). The Balaban J connectivity index is 1.21. The van der Waals surface area contributed by atoms with E-state index in [4.69, 9.17) is 33.3 Å². The molecule has 1 amide bonds. The number of rotatable bonds is 8. The highest BCUT2D eigenvalue weighted by Gasteiger charge is 2.27. The number of nitrogens with zero attached hydrogens (tertiary/aromatic N) is 4. The zero-order valence-corrected chi connectivity index (χ0v) is 23.0. The molecule has 1 aliphatic carbocycles. The second-order valence-electron chi connectivity index (χ2n) is 9.89. The van der Waals surface area contributed by atoms with E-state index in [1.54, 1.807) is 11.9 Å². The smallest absolute Gasteiger partial charge is 0.253 e. The normalized spacial score (nSPS) is 13.0. The van der Waals surface area contributed by atoms with E-state index in [2.05, 4.69) is 23.5 Å². The van der Waals surface area contributed by atoms with Crippen LogP contribution in [0.25, 0.3) is 16.9 Å². The number of fused-ring (bicyclic) bond motifs is 1. The van der Waals surface area contributed by atoms with Gasteiger partial charge in [0.2, 0.25) is 0 Å². The highest BCUT2D eigenvalue weighted by atomic mass is 35.5. The lowest BCUT2D eigenvalue weighted by molar-refractivity contribution is 0.0796. The quantitative estimate of drug-likeness (QED) is 0.213. The summed E-state index contributed by atoms with van der Waals surface area (Å²) in [4.78, 5) is 19.6. The fourth-order valence-corrected chi connectivity index (χ4v) is 5.22. The van der Waals surface area contributed by atoms with Crippen molar-refractivity contribution >= 4 is 46.3 Å². The molecule has 6 nitrogen and oxygen atoms in total. The topological polar surface area (TPSA) is 62.5 Å². The Labute approximate surface area is 237 Å². The number of likely N-dealkylation sites (N-methyl/N-ethyl adjacent to an activating group) is 1. The minimum absolute atomic E-state index is 0.0662. The van der Waals surface area contributed by atoms with Gasteiger partial charge in [0.25, 0.3) is 5.91 Å². The van der Waals surface area contributed by atoms with Crippen molar-refractivity contribution in [1.82, 2.24) is 19.5 Å². The minimum atomic E-state index is -0.0662. The zero-order chi connectivity index (χ0) is 26.9. The van der Waals surface area contributed by atoms with E-state index in [1.807, 2.05) is 71.2 Å². The number of carbonyl (C=O) groups excluding carboxylic acids is 1. The third-order valence-electron chi connectivity index (χ3n) is 7.02. The molecule has 0 bridgehead atoms. The van der Waals surface area contributed by atoms with Crippen LogP contribution in [0.5, 0.6) is 0 Å². The van der Waals surface area contributed by atoms with Gasteiger partial charge in [0.15, 0.2) is 5.65 Å². The molecule has 1 saturated carbocycles. The molecule has 3 aromatic carbocycles. The fourth-order valence-electron chi connectivity index (χ4n) is 4.63. The number of anilines is 2. The first-order valence-electron chi connectivity index (χ1n) is 13.0. The van der Waals surface area contributed by atoms with E-state index in [0.717, 1.165) is 39.7 Å². The van der Waals surface area contributed by atoms with Crippen molar-refractivity contribution in [3.8, 4) is 11.3 Å². The van der Waals surface area contributed by atoms with Gasteiger partial charge in [-0.3, -0.25) is 4.79 Å². The SMILES string of the molecule is CN(CCc1c(Cl)cccc1Cl)C(=O)c1ccc(Nc2cc(-c3ccccc3)nc3cc(C4CC4)nn23)cc1. The summed E-state index contributed by atoms with van der Waals surface area (Å²) < 4.78 is 1.87. The van der Waals surface area contributed by atoms with Crippen LogP contribution in [0.2, 0.25) is 10.0 Å². The van der Waals surface area contributed by atoms with E-state index in [1.165, 1.54) is 12.8 Å². The van der Waals surface area contributed by atoms with Gasteiger partial charge in [-0.2, -0.15) is 9.61 Å². The first-order chi connectivity index (χ1) is 19.0. The first-order valence-corrected chi connectivity index (χ1v) is 13.7. The second kappa shape index (κ2) is 10.7. The molecule has 0 saturated heterocycles. The molecule has 2 heterocycles. The van der Waals surface area contributed by atoms with Gasteiger partial charge in [0.1, 0.15) is 5.82 Å². The van der Waals surface area contributed by atoms with Crippen molar-refractivity contribution in [1.29, 1.82) is 0 Å². The maximum absolute atomic E-state index is 13.1. The Morgan fingerprint density at radius 2 is 1.69 bits per heavy atom. The van der Waals surface area contributed by atoms with Crippen molar-refractivity contribution in [2.24, 2.45) is 0 Å². The standard InChI is InChI=1S/C31H27Cl2N5O/c1-37(17-16-24-25(32)8-5-9-26(24)33)31(39)22-12-14-23(15-13-22)34-29-18-27(20-6-3-2-4-7-20)35-30-19-28(21-10-11-21)36-38(29)30/h2-9,12-15,18-19,21,34H,10-11,16-17H2,1H3. The largest absolute Gasteiger partial charge is 0.341 e. The third kappa shape index (κ3) is 5.49. The van der Waals surface area contributed by atoms with Crippen LogP contribution in [0, 0.1) is 0 Å². The lowest BCUT2D eigenvalue weighted by Crippen LogP contribution is -2.28. The Bertz CT molecular complexity index is 1630. The molecule has 8 heteroatoms. The maximum Gasteiger partial charge on any atom is 0.253 e. The molecule has 1 aliphatic rings. The summed E-state index contributed by atoms with van der Waals surface area (Å²) in [5, 5.41) is 9.56. The Morgan fingerprint density at radius 3 is 2.38 bits per heavy atom. The average Bonchev–Trinajstić information content (AvgIpc) is 3.71. The molecular weight excluding hydrogens is 529 g/mol. The Morgan fingerprint density at radius 1 is 0.974 bits per heavy atom. The van der Waals surface area contributed by atoms with Crippen LogP contribution in [-0.2, 0) is 6.42 Å². The number of amides is 1. The van der Waals surface area contributed by atoms with Crippen molar-refractivity contribution < 1.29 is 4.79 Å². The highest BCUT2D eigenvalue weighted by Crippen LogP contribution is 2.40. The molecule has 39 heavy (non-hydrogen) atoms. The number of carbonyl (C=O) groups is 1. The third-order valence-corrected chi connectivity index (χ3v) is 7.73. The average molecular weight is 556 g/mol. The molecule has 0 spiro atoms. The molecule has 0 aliphatic heterocycles. The number of benzene rings is 3. The van der Waals surface area contributed by atoms with Gasteiger partial charge in [-0.05, 0) is 61.2 Å². The number of hydrogen-bond donors (Lipinski definition) is 1.